The fourth-order valence-electron chi connectivity index (χ4n) is 2.39. The van der Waals surface area contributed by atoms with Crippen LogP contribution >= 0.6 is 11.8 Å². The smallest absolute Gasteiger partial charge is 0.0282 e. The topological polar surface area (TPSA) is 12.0 Å². The van der Waals surface area contributed by atoms with E-state index >= 15 is 0 Å². The minimum atomic E-state index is 0.642. The molecule has 0 aliphatic heterocycles. The fraction of sp³-hybridized carbons (Fsp3) is 1.00. The van der Waals surface area contributed by atoms with Gasteiger partial charge in [-0.2, -0.15) is 11.8 Å². The second-order valence-electron chi connectivity index (χ2n) is 5.22. The third-order valence-electron chi connectivity index (χ3n) is 3.97. The Labute approximate surface area is 92.4 Å². The van der Waals surface area contributed by atoms with Crippen LogP contribution in [0.25, 0.3) is 0 Å². The van der Waals surface area contributed by atoms with Crippen molar-refractivity contribution in [3.8, 4) is 0 Å². The van der Waals surface area contributed by atoms with Gasteiger partial charge >= 0.3 is 0 Å². The Morgan fingerprint density at radius 2 is 1.86 bits per heavy atom. The summed E-state index contributed by atoms with van der Waals surface area (Å²) in [5.74, 6) is 0.975. The maximum absolute atomic E-state index is 3.78. The van der Waals surface area contributed by atoms with E-state index in [0.717, 1.165) is 12.0 Å². The van der Waals surface area contributed by atoms with Gasteiger partial charge in [-0.05, 0) is 50.7 Å². The van der Waals surface area contributed by atoms with Gasteiger partial charge in [0.05, 0.1) is 0 Å². The molecule has 0 bridgehead atoms. The predicted octanol–water partition coefficient (Wildman–Crippen LogP) is 3.05. The molecular weight excluding hydrogens is 190 g/mol. The molecule has 14 heavy (non-hydrogen) atoms. The molecule has 0 heterocycles. The maximum atomic E-state index is 3.78. The standard InChI is InChI=1S/C12H23NS/c1-10-3-5-11(6-4-10)13-9-12(14-2)7-8-12/h10-11,13H,3-9H2,1-2H3. The van der Waals surface area contributed by atoms with Gasteiger partial charge in [-0.15, -0.1) is 0 Å². The van der Waals surface area contributed by atoms with E-state index in [1.54, 1.807) is 0 Å². The summed E-state index contributed by atoms with van der Waals surface area (Å²) in [7, 11) is 0. The van der Waals surface area contributed by atoms with Crippen molar-refractivity contribution >= 4 is 11.8 Å². The molecule has 2 saturated carbocycles. The molecule has 0 radical (unpaired) electrons. The lowest BCUT2D eigenvalue weighted by molar-refractivity contribution is 0.307. The maximum Gasteiger partial charge on any atom is 0.0282 e. The summed E-state index contributed by atoms with van der Waals surface area (Å²) >= 11 is 2.06. The van der Waals surface area contributed by atoms with E-state index in [1.807, 2.05) is 0 Å². The highest BCUT2D eigenvalue weighted by molar-refractivity contribution is 8.00. The Kier molecular flexibility index (Phi) is 3.43. The molecule has 2 fully saturated rings. The van der Waals surface area contributed by atoms with Gasteiger partial charge in [0, 0.05) is 17.3 Å². The minimum Gasteiger partial charge on any atom is -0.313 e. The van der Waals surface area contributed by atoms with Crippen LogP contribution in [0.15, 0.2) is 0 Å². The first-order valence-electron chi connectivity index (χ1n) is 6.03. The van der Waals surface area contributed by atoms with Gasteiger partial charge in [0.15, 0.2) is 0 Å². The van der Waals surface area contributed by atoms with Crippen LogP contribution in [0.4, 0.5) is 0 Å². The van der Waals surface area contributed by atoms with Crippen molar-refractivity contribution in [3.05, 3.63) is 0 Å². The second-order valence-corrected chi connectivity index (χ2v) is 6.50. The lowest BCUT2D eigenvalue weighted by atomic mass is 9.87. The van der Waals surface area contributed by atoms with Crippen molar-refractivity contribution in [2.75, 3.05) is 12.8 Å². The molecule has 2 aliphatic carbocycles. The van der Waals surface area contributed by atoms with Crippen LogP contribution in [0, 0.1) is 5.92 Å². The van der Waals surface area contributed by atoms with Gasteiger partial charge < -0.3 is 5.32 Å². The van der Waals surface area contributed by atoms with Crippen LogP contribution in [-0.4, -0.2) is 23.6 Å². The average Bonchev–Trinajstić information content (AvgIpc) is 2.98. The normalized spacial score (nSPS) is 35.6. The lowest BCUT2D eigenvalue weighted by Gasteiger charge is -2.28. The predicted molar refractivity (Wildman–Crippen MR) is 64.9 cm³/mol. The Morgan fingerprint density at radius 1 is 1.21 bits per heavy atom. The summed E-state index contributed by atoms with van der Waals surface area (Å²) in [4.78, 5) is 0. The second kappa shape index (κ2) is 4.44. The summed E-state index contributed by atoms with van der Waals surface area (Å²) in [6.07, 6.45) is 10.8. The Hall–Kier alpha value is 0.310. The van der Waals surface area contributed by atoms with Crippen LogP contribution in [0.3, 0.4) is 0 Å². The summed E-state index contributed by atoms with van der Waals surface area (Å²) in [6, 6.07) is 0.829. The van der Waals surface area contributed by atoms with E-state index < -0.39 is 0 Å². The molecule has 0 aromatic rings. The largest absolute Gasteiger partial charge is 0.313 e. The molecule has 2 heteroatoms. The van der Waals surface area contributed by atoms with Gasteiger partial charge in [0.2, 0.25) is 0 Å². The van der Waals surface area contributed by atoms with E-state index in [-0.39, 0.29) is 0 Å². The zero-order chi connectivity index (χ0) is 10.0. The Balaban J connectivity index is 1.66. The van der Waals surface area contributed by atoms with Crippen molar-refractivity contribution in [1.82, 2.24) is 5.32 Å². The molecule has 0 unspecified atom stereocenters. The van der Waals surface area contributed by atoms with Crippen molar-refractivity contribution in [1.29, 1.82) is 0 Å². The van der Waals surface area contributed by atoms with Crippen LogP contribution in [-0.2, 0) is 0 Å². The monoisotopic (exact) mass is 213 g/mol. The Morgan fingerprint density at radius 3 is 2.36 bits per heavy atom. The van der Waals surface area contributed by atoms with E-state index in [1.165, 1.54) is 45.1 Å². The van der Waals surface area contributed by atoms with Gasteiger partial charge in [0.25, 0.3) is 0 Å². The van der Waals surface area contributed by atoms with E-state index in [9.17, 15) is 0 Å². The third-order valence-corrected chi connectivity index (χ3v) is 5.39. The van der Waals surface area contributed by atoms with Gasteiger partial charge in [-0.25, -0.2) is 0 Å². The first-order valence-corrected chi connectivity index (χ1v) is 7.25. The minimum absolute atomic E-state index is 0.642. The first kappa shape index (κ1) is 10.8. The highest BCUT2D eigenvalue weighted by Crippen LogP contribution is 2.46. The summed E-state index contributed by atoms with van der Waals surface area (Å²) in [6.45, 7) is 3.65. The number of hydrogen-bond acceptors (Lipinski definition) is 2. The molecule has 0 aromatic carbocycles. The van der Waals surface area contributed by atoms with Crippen molar-refractivity contribution in [2.24, 2.45) is 5.92 Å². The lowest BCUT2D eigenvalue weighted by Crippen LogP contribution is -2.37. The van der Waals surface area contributed by atoms with Crippen molar-refractivity contribution in [3.63, 3.8) is 0 Å². The zero-order valence-corrected chi connectivity index (χ0v) is 10.3. The molecule has 2 aliphatic rings. The van der Waals surface area contributed by atoms with Gasteiger partial charge in [-0.1, -0.05) is 6.92 Å². The third kappa shape index (κ3) is 2.66. The van der Waals surface area contributed by atoms with Crippen LogP contribution in [0.5, 0.6) is 0 Å². The van der Waals surface area contributed by atoms with E-state index in [0.29, 0.717) is 4.75 Å². The molecule has 1 nitrogen and oxygen atoms in total. The number of hydrogen-bond donors (Lipinski definition) is 1. The van der Waals surface area contributed by atoms with Crippen molar-refractivity contribution in [2.45, 2.75) is 56.2 Å². The average molecular weight is 213 g/mol. The molecule has 0 amide bonds. The molecule has 0 spiro atoms. The summed E-state index contributed by atoms with van der Waals surface area (Å²) in [5.41, 5.74) is 0. The number of thioether (sulfide) groups is 1. The molecule has 2 rings (SSSR count). The molecular formula is C12H23NS. The van der Waals surface area contributed by atoms with Gasteiger partial charge in [-0.3, -0.25) is 0 Å². The summed E-state index contributed by atoms with van der Waals surface area (Å²) in [5, 5.41) is 3.78. The van der Waals surface area contributed by atoms with E-state index in [2.05, 4.69) is 30.3 Å². The molecule has 0 saturated heterocycles. The molecule has 1 N–H and O–H groups in total. The highest BCUT2D eigenvalue weighted by atomic mass is 32.2. The van der Waals surface area contributed by atoms with Crippen LogP contribution in [0.1, 0.15) is 45.4 Å². The van der Waals surface area contributed by atoms with Gasteiger partial charge in [0.1, 0.15) is 0 Å². The molecule has 0 atom stereocenters. The number of rotatable bonds is 4. The van der Waals surface area contributed by atoms with E-state index in [4.69, 9.17) is 0 Å². The SMILES string of the molecule is CSC1(CNC2CCC(C)CC2)CC1. The highest BCUT2D eigenvalue weighted by Gasteiger charge is 2.41. The van der Waals surface area contributed by atoms with Crippen LogP contribution < -0.4 is 5.32 Å². The summed E-state index contributed by atoms with van der Waals surface area (Å²) < 4.78 is 0.642. The van der Waals surface area contributed by atoms with Crippen LogP contribution in [0.2, 0.25) is 0 Å². The molecule has 82 valence electrons. The first-order chi connectivity index (χ1) is 6.74. The Bertz CT molecular complexity index is 181. The van der Waals surface area contributed by atoms with Crippen molar-refractivity contribution < 1.29 is 0 Å². The number of nitrogens with one attached hydrogen (secondary N) is 1. The quantitative estimate of drug-likeness (QED) is 0.770. The molecule has 0 aromatic heterocycles. The fourth-order valence-corrected chi connectivity index (χ4v) is 3.13. The zero-order valence-electron chi connectivity index (χ0n) is 9.51.